The molecule has 1 radical (unpaired) electrons. The quantitative estimate of drug-likeness (QED) is 0.773. The molecule has 0 spiro atoms. The summed E-state index contributed by atoms with van der Waals surface area (Å²) in [6.45, 7) is 13.3. The predicted octanol–water partition coefficient (Wildman–Crippen LogP) is 3.08. The Morgan fingerprint density at radius 1 is 0.765 bits per heavy atom. The van der Waals surface area contributed by atoms with Gasteiger partial charge in [-0.05, 0) is 44.5 Å². The first kappa shape index (κ1) is 14.9. The third-order valence-corrected chi connectivity index (χ3v) is 8.99. The van der Waals surface area contributed by atoms with Gasteiger partial charge in [0.25, 0.3) is 0 Å². The highest BCUT2D eigenvalue weighted by Crippen LogP contribution is 2.11. The summed E-state index contributed by atoms with van der Waals surface area (Å²) in [5, 5.41) is 1.22. The minimum atomic E-state index is -1.56. The fourth-order valence-corrected chi connectivity index (χ4v) is 7.67. The molecule has 0 bridgehead atoms. The molecule has 0 aliphatic rings. The van der Waals surface area contributed by atoms with Crippen LogP contribution in [-0.2, 0) is 8.23 Å². The van der Waals surface area contributed by atoms with Crippen molar-refractivity contribution < 1.29 is 8.23 Å². The highest BCUT2D eigenvalue weighted by atomic mass is 28.4. The van der Waals surface area contributed by atoms with Crippen LogP contribution in [-0.4, -0.2) is 25.9 Å². The van der Waals surface area contributed by atoms with Crippen molar-refractivity contribution in [3.63, 3.8) is 0 Å². The second kappa shape index (κ2) is 5.62. The molecule has 17 heavy (non-hydrogen) atoms. The molecule has 0 unspecified atom stereocenters. The number of benzene rings is 1. The van der Waals surface area contributed by atoms with Crippen LogP contribution in [0.1, 0.15) is 0 Å². The molecule has 0 amide bonds. The Labute approximate surface area is 109 Å². The molecule has 0 aliphatic heterocycles. The number of rotatable bonds is 5. The second-order valence-electron chi connectivity index (χ2n) is 6.08. The molecule has 1 rings (SSSR count). The monoisotopic (exact) mass is 283 g/mol. The molecule has 0 saturated carbocycles. The normalized spacial score (nSPS) is 13.1. The van der Waals surface area contributed by atoms with E-state index in [1.54, 1.807) is 0 Å². The van der Waals surface area contributed by atoms with Gasteiger partial charge in [0, 0.05) is 0 Å². The van der Waals surface area contributed by atoms with Crippen LogP contribution < -0.4 is 5.19 Å². The van der Waals surface area contributed by atoms with Crippen LogP contribution >= 0.6 is 0 Å². The summed E-state index contributed by atoms with van der Waals surface area (Å²) in [4.78, 5) is 0. The Morgan fingerprint density at radius 2 is 1.18 bits per heavy atom. The van der Waals surface area contributed by atoms with Gasteiger partial charge in [0.2, 0.25) is 0 Å². The smallest absolute Gasteiger partial charge is 0.401 e. The van der Waals surface area contributed by atoms with Gasteiger partial charge in [0.1, 0.15) is 0 Å². The van der Waals surface area contributed by atoms with Crippen molar-refractivity contribution in [1.82, 2.24) is 0 Å². The summed E-state index contributed by atoms with van der Waals surface area (Å²) in [6, 6.07) is 10.4. The second-order valence-corrected chi connectivity index (χ2v) is 17.3. The van der Waals surface area contributed by atoms with Crippen molar-refractivity contribution in [2.24, 2.45) is 0 Å². The lowest BCUT2D eigenvalue weighted by Crippen LogP contribution is -2.49. The zero-order valence-corrected chi connectivity index (χ0v) is 14.7. The van der Waals surface area contributed by atoms with E-state index in [0.717, 1.165) is 0 Å². The molecule has 0 aliphatic carbocycles. The molecular weight excluding hydrogens is 260 g/mol. The van der Waals surface area contributed by atoms with Crippen LogP contribution in [0.3, 0.4) is 0 Å². The molecule has 0 heterocycles. The molecule has 1 aromatic carbocycles. The van der Waals surface area contributed by atoms with Gasteiger partial charge in [-0.25, -0.2) is 0 Å². The van der Waals surface area contributed by atoms with Gasteiger partial charge in [-0.2, -0.15) is 0 Å². The van der Waals surface area contributed by atoms with Crippen molar-refractivity contribution in [3.8, 4) is 0 Å². The van der Waals surface area contributed by atoms with Crippen LogP contribution in [0.4, 0.5) is 0 Å². The maximum atomic E-state index is 6.25. The van der Waals surface area contributed by atoms with Crippen LogP contribution in [0.2, 0.25) is 39.3 Å². The fraction of sp³-hybridized carbons (Fsp3) is 0.500. The minimum absolute atomic E-state index is 1.22. The summed E-state index contributed by atoms with van der Waals surface area (Å²) in [7, 11) is -4.43. The Morgan fingerprint density at radius 3 is 1.53 bits per heavy atom. The molecule has 95 valence electrons. The Bertz CT molecular complexity index is 325. The van der Waals surface area contributed by atoms with Gasteiger partial charge >= 0.3 is 9.28 Å². The first-order valence-corrected chi connectivity index (χ1v) is 14.1. The molecule has 0 atom stereocenters. The largest absolute Gasteiger partial charge is 0.432 e. The van der Waals surface area contributed by atoms with Crippen molar-refractivity contribution in [1.29, 1.82) is 0 Å². The maximum absolute atomic E-state index is 6.25. The molecule has 2 nitrogen and oxygen atoms in total. The summed E-state index contributed by atoms with van der Waals surface area (Å²) >= 11 is 0. The summed E-state index contributed by atoms with van der Waals surface area (Å²) < 4.78 is 12.5. The maximum Gasteiger partial charge on any atom is 0.401 e. The molecule has 0 saturated heterocycles. The average Bonchev–Trinajstić information content (AvgIpc) is 2.14. The molecule has 5 heteroatoms. The summed E-state index contributed by atoms with van der Waals surface area (Å²) in [5.74, 6) is 0. The van der Waals surface area contributed by atoms with E-state index in [1.165, 1.54) is 5.19 Å². The zero-order valence-electron chi connectivity index (χ0n) is 11.7. The van der Waals surface area contributed by atoms with Crippen molar-refractivity contribution >= 4 is 31.1 Å². The van der Waals surface area contributed by atoms with E-state index >= 15 is 0 Å². The van der Waals surface area contributed by atoms with E-state index in [1.807, 2.05) is 6.07 Å². The van der Waals surface area contributed by atoms with Gasteiger partial charge in [-0.1, -0.05) is 30.3 Å². The van der Waals surface area contributed by atoms with E-state index in [9.17, 15) is 0 Å². The van der Waals surface area contributed by atoms with Gasteiger partial charge in [0.15, 0.2) is 16.6 Å². The third kappa shape index (κ3) is 6.32. The van der Waals surface area contributed by atoms with Gasteiger partial charge < -0.3 is 8.23 Å². The SMILES string of the molecule is C[Si](C)(C)O[Si](O[Si](C)(C)C)c1ccccc1. The standard InChI is InChI=1S/C12H23O2Si3/c1-16(2,3)13-15(14-17(4,5)6)12-10-8-7-9-11-12/h7-11H,1-6H3. The average molecular weight is 284 g/mol. The third-order valence-electron chi connectivity index (χ3n) is 1.81. The lowest BCUT2D eigenvalue weighted by atomic mass is 10.4. The highest BCUT2D eigenvalue weighted by molar-refractivity contribution is 6.85. The Hall–Kier alpha value is -0.209. The van der Waals surface area contributed by atoms with E-state index in [-0.39, 0.29) is 0 Å². The first-order valence-electron chi connectivity index (χ1n) is 5.98. The highest BCUT2D eigenvalue weighted by Gasteiger charge is 2.31. The zero-order chi connectivity index (χ0) is 13.1. The molecule has 0 fully saturated rings. The van der Waals surface area contributed by atoms with E-state index in [4.69, 9.17) is 8.23 Å². The van der Waals surface area contributed by atoms with Gasteiger partial charge in [-0.15, -0.1) is 0 Å². The predicted molar refractivity (Wildman–Crippen MR) is 80.7 cm³/mol. The molecule has 0 aromatic heterocycles. The van der Waals surface area contributed by atoms with Crippen LogP contribution in [0.5, 0.6) is 0 Å². The van der Waals surface area contributed by atoms with Crippen LogP contribution in [0.25, 0.3) is 0 Å². The molecule has 0 N–H and O–H groups in total. The Balaban J connectivity index is 2.87. The molecule has 1 aromatic rings. The van der Waals surface area contributed by atoms with Crippen molar-refractivity contribution in [2.75, 3.05) is 0 Å². The van der Waals surface area contributed by atoms with E-state index in [0.29, 0.717) is 0 Å². The fourth-order valence-electron chi connectivity index (χ4n) is 1.27. The molecular formula is C12H23O2Si3. The topological polar surface area (TPSA) is 18.5 Å². The van der Waals surface area contributed by atoms with E-state index in [2.05, 4.69) is 63.5 Å². The number of hydrogen-bond donors (Lipinski definition) is 0. The lowest BCUT2D eigenvalue weighted by Gasteiger charge is -2.29. The summed E-state index contributed by atoms with van der Waals surface area (Å²) in [5.41, 5.74) is 0. The Kier molecular flexibility index (Phi) is 4.91. The van der Waals surface area contributed by atoms with Crippen LogP contribution in [0, 0.1) is 0 Å². The van der Waals surface area contributed by atoms with Gasteiger partial charge in [-0.3, -0.25) is 0 Å². The lowest BCUT2D eigenvalue weighted by molar-refractivity contribution is 0.436. The van der Waals surface area contributed by atoms with Crippen molar-refractivity contribution in [3.05, 3.63) is 30.3 Å². The van der Waals surface area contributed by atoms with Crippen LogP contribution in [0.15, 0.2) is 30.3 Å². The minimum Gasteiger partial charge on any atom is -0.432 e. The summed E-state index contributed by atoms with van der Waals surface area (Å²) in [6.07, 6.45) is 0. The van der Waals surface area contributed by atoms with E-state index < -0.39 is 25.9 Å². The number of hydrogen-bond acceptors (Lipinski definition) is 2. The first-order chi connectivity index (χ1) is 7.67. The van der Waals surface area contributed by atoms with Gasteiger partial charge in [0.05, 0.1) is 0 Å². The van der Waals surface area contributed by atoms with Crippen molar-refractivity contribution in [2.45, 2.75) is 39.3 Å².